The number of benzene rings is 1. The fraction of sp³-hybridized carbons (Fsp3) is 0.375. The number of nitrogens with one attached hydrogen (secondary N) is 1. The number of aryl methyl sites for hydroxylation is 1. The van der Waals surface area contributed by atoms with Gasteiger partial charge in [0.1, 0.15) is 0 Å². The molecule has 0 saturated heterocycles. The van der Waals surface area contributed by atoms with Crippen molar-refractivity contribution in [1.82, 2.24) is 25.0 Å². The highest BCUT2D eigenvalue weighted by Crippen LogP contribution is 2.27. The van der Waals surface area contributed by atoms with Gasteiger partial charge in [-0.3, -0.25) is 14.5 Å². The number of pyridine rings is 1. The van der Waals surface area contributed by atoms with E-state index in [1.54, 1.807) is 0 Å². The number of fused-ring (bicyclic) bond motifs is 2. The van der Waals surface area contributed by atoms with E-state index in [1.807, 2.05) is 47.1 Å². The van der Waals surface area contributed by atoms with Crippen molar-refractivity contribution in [2.45, 2.75) is 44.8 Å². The number of aromatic nitrogens is 3. The smallest absolute Gasteiger partial charge is 0.274 e. The van der Waals surface area contributed by atoms with E-state index in [1.165, 1.54) is 16.8 Å². The maximum absolute atomic E-state index is 13.4. The zero-order valence-corrected chi connectivity index (χ0v) is 17.3. The van der Waals surface area contributed by atoms with Crippen LogP contribution in [0.5, 0.6) is 0 Å². The molecule has 1 amide bonds. The van der Waals surface area contributed by atoms with E-state index in [9.17, 15) is 4.79 Å². The van der Waals surface area contributed by atoms with Gasteiger partial charge in [0.05, 0.1) is 5.69 Å². The van der Waals surface area contributed by atoms with Crippen LogP contribution in [0, 0.1) is 0 Å². The summed E-state index contributed by atoms with van der Waals surface area (Å²) in [5.74, 6) is 0.0618. The molecule has 1 atom stereocenters. The van der Waals surface area contributed by atoms with Gasteiger partial charge in [-0.1, -0.05) is 30.3 Å². The van der Waals surface area contributed by atoms with Crippen molar-refractivity contribution in [2.75, 3.05) is 6.54 Å². The molecular weight excluding hydrogens is 374 g/mol. The zero-order valence-electron chi connectivity index (χ0n) is 17.3. The Morgan fingerprint density at radius 3 is 2.80 bits per heavy atom. The molecule has 0 radical (unpaired) electrons. The van der Waals surface area contributed by atoms with Gasteiger partial charge in [0.2, 0.25) is 0 Å². The Balaban J connectivity index is 1.32. The van der Waals surface area contributed by atoms with Crippen LogP contribution in [0.2, 0.25) is 0 Å². The van der Waals surface area contributed by atoms with E-state index >= 15 is 0 Å². The second kappa shape index (κ2) is 8.03. The molecule has 30 heavy (non-hydrogen) atoms. The van der Waals surface area contributed by atoms with Crippen molar-refractivity contribution in [1.29, 1.82) is 0 Å². The van der Waals surface area contributed by atoms with Crippen LogP contribution in [0.4, 0.5) is 0 Å². The number of hydrogen-bond acceptors (Lipinski definition) is 4. The summed E-state index contributed by atoms with van der Waals surface area (Å²) < 4.78 is 1.91. The summed E-state index contributed by atoms with van der Waals surface area (Å²) in [5, 5.41) is 8.28. The third-order valence-corrected chi connectivity index (χ3v) is 6.37. The number of carbonyl (C=O) groups is 1. The van der Waals surface area contributed by atoms with Crippen molar-refractivity contribution < 1.29 is 4.79 Å². The third-order valence-electron chi connectivity index (χ3n) is 6.37. The first-order valence-electron chi connectivity index (χ1n) is 10.7. The van der Waals surface area contributed by atoms with Crippen LogP contribution >= 0.6 is 0 Å². The SMILES string of the molecule is Cn1nc(C(=O)N2CCc3ccccc3C2)c2c1CCC(NCc1ccccn1)C2. The molecule has 1 aromatic carbocycles. The maximum atomic E-state index is 13.4. The molecule has 1 unspecified atom stereocenters. The van der Waals surface area contributed by atoms with Crippen LogP contribution < -0.4 is 5.32 Å². The Kier molecular flexibility index (Phi) is 5.09. The van der Waals surface area contributed by atoms with Gasteiger partial charge in [-0.15, -0.1) is 0 Å². The first-order chi connectivity index (χ1) is 14.7. The minimum atomic E-state index is 0.0618. The van der Waals surface area contributed by atoms with Crippen LogP contribution in [0.25, 0.3) is 0 Å². The summed E-state index contributed by atoms with van der Waals surface area (Å²) >= 11 is 0. The summed E-state index contributed by atoms with van der Waals surface area (Å²) in [5.41, 5.74) is 6.59. The average Bonchev–Trinajstić information content (AvgIpc) is 3.13. The van der Waals surface area contributed by atoms with Gasteiger partial charge in [-0.2, -0.15) is 5.10 Å². The monoisotopic (exact) mass is 401 g/mol. The third kappa shape index (κ3) is 3.63. The highest BCUT2D eigenvalue weighted by molar-refractivity contribution is 5.94. The number of amides is 1. The second-order valence-electron chi connectivity index (χ2n) is 8.28. The number of nitrogens with zero attached hydrogens (tertiary/aromatic N) is 4. The molecule has 0 saturated carbocycles. The van der Waals surface area contributed by atoms with Crippen molar-refractivity contribution in [3.05, 3.63) is 82.4 Å². The number of carbonyl (C=O) groups excluding carboxylic acids is 1. The van der Waals surface area contributed by atoms with E-state index < -0.39 is 0 Å². The normalized spacial score (nSPS) is 18.0. The Bertz CT molecular complexity index is 1060. The molecule has 6 nitrogen and oxygen atoms in total. The van der Waals surface area contributed by atoms with Gasteiger partial charge in [-0.25, -0.2) is 0 Å². The molecule has 0 spiro atoms. The molecule has 0 fully saturated rings. The van der Waals surface area contributed by atoms with Gasteiger partial charge < -0.3 is 10.2 Å². The highest BCUT2D eigenvalue weighted by atomic mass is 16.2. The minimum absolute atomic E-state index is 0.0618. The Morgan fingerprint density at radius 2 is 1.97 bits per heavy atom. The molecular formula is C24H27N5O. The standard InChI is InChI=1S/C24H27N5O/c1-28-22-10-9-19(26-15-20-8-4-5-12-25-20)14-21(22)23(27-28)24(30)29-13-11-17-6-2-3-7-18(17)16-29/h2-8,12,19,26H,9-11,13-16H2,1H3. The van der Waals surface area contributed by atoms with Crippen molar-refractivity contribution in [2.24, 2.45) is 7.05 Å². The average molecular weight is 402 g/mol. The van der Waals surface area contributed by atoms with Crippen molar-refractivity contribution >= 4 is 5.91 Å². The lowest BCUT2D eigenvalue weighted by Gasteiger charge is -2.29. The largest absolute Gasteiger partial charge is 0.333 e. The van der Waals surface area contributed by atoms with E-state index in [4.69, 9.17) is 0 Å². The number of rotatable bonds is 4. The molecule has 2 aliphatic rings. The highest BCUT2D eigenvalue weighted by Gasteiger charge is 2.31. The summed E-state index contributed by atoms with van der Waals surface area (Å²) in [4.78, 5) is 19.8. The molecule has 2 aromatic heterocycles. The zero-order chi connectivity index (χ0) is 20.5. The van der Waals surface area contributed by atoms with Crippen LogP contribution in [-0.2, 0) is 39.4 Å². The molecule has 6 heteroatoms. The van der Waals surface area contributed by atoms with E-state index in [-0.39, 0.29) is 5.91 Å². The lowest BCUT2D eigenvalue weighted by atomic mass is 9.90. The fourth-order valence-electron chi connectivity index (χ4n) is 4.71. The van der Waals surface area contributed by atoms with Crippen molar-refractivity contribution in [3.8, 4) is 0 Å². The molecule has 5 rings (SSSR count). The summed E-state index contributed by atoms with van der Waals surface area (Å²) in [6.07, 6.45) is 5.55. The fourth-order valence-corrected chi connectivity index (χ4v) is 4.71. The molecule has 3 heterocycles. The topological polar surface area (TPSA) is 63.1 Å². The lowest BCUT2D eigenvalue weighted by molar-refractivity contribution is 0.0726. The minimum Gasteiger partial charge on any atom is -0.333 e. The second-order valence-corrected chi connectivity index (χ2v) is 8.28. The van der Waals surface area contributed by atoms with Crippen LogP contribution in [0.15, 0.2) is 48.7 Å². The molecule has 0 bridgehead atoms. The molecule has 1 N–H and O–H groups in total. The molecule has 154 valence electrons. The molecule has 1 aliphatic carbocycles. The quantitative estimate of drug-likeness (QED) is 0.730. The summed E-state index contributed by atoms with van der Waals surface area (Å²) in [7, 11) is 1.96. The van der Waals surface area contributed by atoms with Gasteiger partial charge in [0.25, 0.3) is 5.91 Å². The van der Waals surface area contributed by atoms with E-state index in [0.29, 0.717) is 18.3 Å². The lowest BCUT2D eigenvalue weighted by Crippen LogP contribution is -2.38. The predicted molar refractivity (Wildman–Crippen MR) is 115 cm³/mol. The Labute approximate surface area is 176 Å². The molecule has 3 aromatic rings. The Hall–Kier alpha value is -2.99. The van der Waals surface area contributed by atoms with Gasteiger partial charge in [0, 0.05) is 50.2 Å². The van der Waals surface area contributed by atoms with E-state index in [0.717, 1.165) is 50.0 Å². The number of hydrogen-bond donors (Lipinski definition) is 1. The molecule has 1 aliphatic heterocycles. The van der Waals surface area contributed by atoms with E-state index in [2.05, 4.69) is 33.6 Å². The van der Waals surface area contributed by atoms with Crippen LogP contribution in [-0.4, -0.2) is 38.2 Å². The predicted octanol–water partition coefficient (Wildman–Crippen LogP) is 2.66. The summed E-state index contributed by atoms with van der Waals surface area (Å²) in [6.45, 7) is 2.16. The van der Waals surface area contributed by atoms with Crippen LogP contribution in [0.1, 0.15) is 45.0 Å². The first-order valence-corrected chi connectivity index (χ1v) is 10.7. The maximum Gasteiger partial charge on any atom is 0.274 e. The Morgan fingerprint density at radius 1 is 1.13 bits per heavy atom. The van der Waals surface area contributed by atoms with Gasteiger partial charge >= 0.3 is 0 Å². The van der Waals surface area contributed by atoms with Crippen LogP contribution in [0.3, 0.4) is 0 Å². The van der Waals surface area contributed by atoms with Gasteiger partial charge in [0.15, 0.2) is 5.69 Å². The summed E-state index contributed by atoms with van der Waals surface area (Å²) in [6, 6.07) is 14.7. The van der Waals surface area contributed by atoms with Crippen molar-refractivity contribution in [3.63, 3.8) is 0 Å². The first kappa shape index (κ1) is 19.0. The van der Waals surface area contributed by atoms with Gasteiger partial charge in [-0.05, 0) is 48.9 Å².